The molecule has 3 nitrogen and oxygen atoms in total. The predicted molar refractivity (Wildman–Crippen MR) is 95.0 cm³/mol. The molecular formula is C18H16Cl2FN3. The molecule has 0 radical (unpaired) electrons. The Morgan fingerprint density at radius 3 is 2.33 bits per heavy atom. The van der Waals surface area contributed by atoms with E-state index in [1.807, 2.05) is 38.1 Å². The minimum atomic E-state index is -0.460. The van der Waals surface area contributed by atoms with Gasteiger partial charge < -0.3 is 0 Å². The lowest BCUT2D eigenvalue weighted by atomic mass is 9.84. The fraction of sp³-hybridized carbons (Fsp3) is 0.222. The van der Waals surface area contributed by atoms with Gasteiger partial charge in [0, 0.05) is 12.1 Å². The van der Waals surface area contributed by atoms with Crippen LogP contribution in [0, 0.1) is 5.82 Å². The van der Waals surface area contributed by atoms with E-state index in [0.29, 0.717) is 21.7 Å². The van der Waals surface area contributed by atoms with E-state index >= 15 is 0 Å². The Morgan fingerprint density at radius 1 is 1.04 bits per heavy atom. The number of rotatable bonds is 3. The third kappa shape index (κ3) is 2.92. The SMILES string of the molecule is Cn1nc(C(C)(C)c2ccc(Cl)cc2)nc1-c1c(F)cccc1Cl. The molecule has 3 aromatic rings. The van der Waals surface area contributed by atoms with Crippen LogP contribution in [0.1, 0.15) is 25.2 Å². The third-order valence-corrected chi connectivity index (χ3v) is 4.64. The molecule has 3 rings (SSSR count). The van der Waals surface area contributed by atoms with Gasteiger partial charge in [-0.1, -0.05) is 41.4 Å². The van der Waals surface area contributed by atoms with Gasteiger partial charge in [-0.3, -0.25) is 0 Å². The molecule has 0 amide bonds. The molecule has 0 aliphatic rings. The van der Waals surface area contributed by atoms with E-state index < -0.39 is 11.2 Å². The Bertz CT molecular complexity index is 866. The Kier molecular flexibility index (Phi) is 4.37. The average molecular weight is 364 g/mol. The molecule has 1 heterocycles. The zero-order valence-electron chi connectivity index (χ0n) is 13.5. The number of aryl methyl sites for hydroxylation is 1. The first-order valence-corrected chi connectivity index (χ1v) is 8.18. The summed E-state index contributed by atoms with van der Waals surface area (Å²) in [6.07, 6.45) is 0. The Morgan fingerprint density at radius 2 is 1.71 bits per heavy atom. The Hall–Kier alpha value is -1.91. The van der Waals surface area contributed by atoms with Crippen LogP contribution in [-0.4, -0.2) is 14.8 Å². The first-order valence-electron chi connectivity index (χ1n) is 7.42. The topological polar surface area (TPSA) is 30.7 Å². The highest BCUT2D eigenvalue weighted by atomic mass is 35.5. The molecule has 124 valence electrons. The fourth-order valence-corrected chi connectivity index (χ4v) is 2.95. The first kappa shape index (κ1) is 16.9. The van der Waals surface area contributed by atoms with E-state index in [4.69, 9.17) is 23.2 Å². The molecule has 0 aliphatic carbocycles. The van der Waals surface area contributed by atoms with Gasteiger partial charge in [0.25, 0.3) is 0 Å². The minimum Gasteiger partial charge on any atom is -0.249 e. The highest BCUT2D eigenvalue weighted by Crippen LogP contribution is 2.34. The van der Waals surface area contributed by atoms with Crippen molar-refractivity contribution in [3.8, 4) is 11.4 Å². The summed E-state index contributed by atoms with van der Waals surface area (Å²) in [5, 5.41) is 5.46. The average Bonchev–Trinajstić information content (AvgIpc) is 2.90. The Labute approximate surface area is 150 Å². The van der Waals surface area contributed by atoms with Gasteiger partial charge in [0.1, 0.15) is 5.82 Å². The molecule has 0 unspecified atom stereocenters. The number of nitrogens with zero attached hydrogens (tertiary/aromatic N) is 3. The van der Waals surface area contributed by atoms with Crippen molar-refractivity contribution < 1.29 is 4.39 Å². The van der Waals surface area contributed by atoms with Gasteiger partial charge in [-0.2, -0.15) is 5.10 Å². The second-order valence-corrected chi connectivity index (χ2v) is 6.95. The van der Waals surface area contributed by atoms with Gasteiger partial charge in [-0.25, -0.2) is 14.1 Å². The highest BCUT2D eigenvalue weighted by molar-refractivity contribution is 6.33. The van der Waals surface area contributed by atoms with E-state index in [0.717, 1.165) is 5.56 Å². The van der Waals surface area contributed by atoms with Crippen LogP contribution in [0.5, 0.6) is 0 Å². The van der Waals surface area contributed by atoms with Gasteiger partial charge in [0.05, 0.1) is 16.0 Å². The molecule has 0 fully saturated rings. The summed E-state index contributed by atoms with van der Waals surface area (Å²) in [5.41, 5.74) is 0.814. The number of hydrogen-bond donors (Lipinski definition) is 0. The number of hydrogen-bond acceptors (Lipinski definition) is 2. The molecule has 0 bridgehead atoms. The summed E-state index contributed by atoms with van der Waals surface area (Å²) in [6, 6.07) is 12.1. The van der Waals surface area contributed by atoms with Crippen LogP contribution in [0.15, 0.2) is 42.5 Å². The van der Waals surface area contributed by atoms with Gasteiger partial charge in [0.2, 0.25) is 0 Å². The molecule has 0 N–H and O–H groups in total. The van der Waals surface area contributed by atoms with Crippen LogP contribution in [0.25, 0.3) is 11.4 Å². The lowest BCUT2D eigenvalue weighted by molar-refractivity contribution is 0.580. The largest absolute Gasteiger partial charge is 0.249 e. The van der Waals surface area contributed by atoms with Crippen molar-refractivity contribution >= 4 is 23.2 Å². The molecule has 0 spiro atoms. The predicted octanol–water partition coefficient (Wildman–Crippen LogP) is 5.25. The van der Waals surface area contributed by atoms with Crippen LogP contribution < -0.4 is 0 Å². The van der Waals surface area contributed by atoms with Gasteiger partial charge in [-0.05, 0) is 43.7 Å². The van der Waals surface area contributed by atoms with Gasteiger partial charge in [0.15, 0.2) is 11.6 Å². The second kappa shape index (κ2) is 6.19. The molecule has 1 aromatic heterocycles. The van der Waals surface area contributed by atoms with E-state index in [1.54, 1.807) is 23.9 Å². The van der Waals surface area contributed by atoms with E-state index in [1.165, 1.54) is 6.07 Å². The lowest BCUT2D eigenvalue weighted by Gasteiger charge is -2.21. The molecule has 0 atom stereocenters. The van der Waals surface area contributed by atoms with Crippen molar-refractivity contribution in [2.75, 3.05) is 0 Å². The van der Waals surface area contributed by atoms with E-state index in [-0.39, 0.29) is 5.56 Å². The summed E-state index contributed by atoms with van der Waals surface area (Å²) in [5.74, 6) is 0.561. The zero-order valence-corrected chi connectivity index (χ0v) is 15.0. The number of halogens is 3. The summed E-state index contributed by atoms with van der Waals surface area (Å²) in [4.78, 5) is 4.57. The first-order chi connectivity index (χ1) is 11.3. The maximum absolute atomic E-state index is 14.2. The number of aromatic nitrogens is 3. The molecule has 0 aliphatic heterocycles. The van der Waals surface area contributed by atoms with Crippen molar-refractivity contribution in [1.29, 1.82) is 0 Å². The highest BCUT2D eigenvalue weighted by Gasteiger charge is 2.29. The summed E-state index contributed by atoms with van der Waals surface area (Å²) in [6.45, 7) is 4.02. The van der Waals surface area contributed by atoms with Crippen molar-refractivity contribution in [2.45, 2.75) is 19.3 Å². The van der Waals surface area contributed by atoms with Crippen LogP contribution in [0.3, 0.4) is 0 Å². The quantitative estimate of drug-likeness (QED) is 0.635. The van der Waals surface area contributed by atoms with Crippen molar-refractivity contribution in [3.63, 3.8) is 0 Å². The van der Waals surface area contributed by atoms with Crippen molar-refractivity contribution in [1.82, 2.24) is 14.8 Å². The van der Waals surface area contributed by atoms with Crippen molar-refractivity contribution in [3.05, 3.63) is 69.7 Å². The van der Waals surface area contributed by atoms with Crippen LogP contribution >= 0.6 is 23.2 Å². The maximum atomic E-state index is 14.2. The minimum absolute atomic E-state index is 0.257. The summed E-state index contributed by atoms with van der Waals surface area (Å²) < 4.78 is 15.8. The summed E-state index contributed by atoms with van der Waals surface area (Å²) >= 11 is 12.1. The maximum Gasteiger partial charge on any atom is 0.162 e. The Balaban J connectivity index is 2.10. The monoisotopic (exact) mass is 363 g/mol. The molecular weight excluding hydrogens is 348 g/mol. The number of benzene rings is 2. The molecule has 0 saturated carbocycles. The normalized spacial score (nSPS) is 11.8. The molecule has 24 heavy (non-hydrogen) atoms. The van der Waals surface area contributed by atoms with E-state index in [2.05, 4.69) is 10.1 Å². The van der Waals surface area contributed by atoms with Crippen LogP contribution in [0.4, 0.5) is 4.39 Å². The zero-order chi connectivity index (χ0) is 17.5. The van der Waals surface area contributed by atoms with E-state index in [9.17, 15) is 4.39 Å². The molecule has 0 saturated heterocycles. The third-order valence-electron chi connectivity index (χ3n) is 4.07. The second-order valence-electron chi connectivity index (χ2n) is 6.11. The summed E-state index contributed by atoms with van der Waals surface area (Å²) in [7, 11) is 1.73. The van der Waals surface area contributed by atoms with Gasteiger partial charge >= 0.3 is 0 Å². The fourth-order valence-electron chi connectivity index (χ4n) is 2.57. The van der Waals surface area contributed by atoms with Gasteiger partial charge in [-0.15, -0.1) is 0 Å². The smallest absolute Gasteiger partial charge is 0.162 e. The van der Waals surface area contributed by atoms with Crippen LogP contribution in [0.2, 0.25) is 10.0 Å². The standard InChI is InChI=1S/C18H16Cl2FN3/c1-18(2,11-7-9-12(19)10-8-11)17-22-16(24(3)23-17)15-13(20)5-4-6-14(15)21/h4-10H,1-3H3. The van der Waals surface area contributed by atoms with Crippen LogP contribution in [-0.2, 0) is 12.5 Å². The molecule has 6 heteroatoms. The lowest BCUT2D eigenvalue weighted by Crippen LogP contribution is -2.21. The van der Waals surface area contributed by atoms with Crippen molar-refractivity contribution in [2.24, 2.45) is 7.05 Å². The molecule has 2 aromatic carbocycles.